The Hall–Kier alpha value is -1.84. The molecule has 0 amide bonds. The van der Waals surface area contributed by atoms with E-state index in [2.05, 4.69) is 54.7 Å². The standard InChI is InChI=1S/C30H40N2O/c1-3-4-5-25-15-23-16-26(33-2)10-11-27(23)29(32-25)22-8-6-21(7-9-22)28-24-13-19-12-20(14-24)18-30(28,31)17-19/h6-11,16,19-20,24-25,28-29,32H,3-5,12-15,17-18,31H2,1-2H3/t19?,20?,24?,25-,28?,29-,30?/m0/s1. The SMILES string of the molecule is CCCC[C@H]1Cc2cc(OC)ccc2[C@H](c2ccc(C3C4CC5CC(C4)CC3(N)C5)cc2)N1. The lowest BCUT2D eigenvalue weighted by Gasteiger charge is -2.60. The van der Waals surface area contributed by atoms with E-state index >= 15 is 0 Å². The Morgan fingerprint density at radius 2 is 1.73 bits per heavy atom. The first-order valence-electron chi connectivity index (χ1n) is 13.4. The zero-order valence-corrected chi connectivity index (χ0v) is 20.4. The number of unbranched alkanes of at least 4 members (excludes halogenated alkanes) is 1. The third-order valence-electron chi connectivity index (χ3n) is 9.43. The van der Waals surface area contributed by atoms with Gasteiger partial charge in [-0.1, -0.05) is 50.1 Å². The molecule has 3 N–H and O–H groups in total. The van der Waals surface area contributed by atoms with Crippen LogP contribution in [0.25, 0.3) is 0 Å². The monoisotopic (exact) mass is 444 g/mol. The van der Waals surface area contributed by atoms with Crippen LogP contribution in [-0.2, 0) is 6.42 Å². The summed E-state index contributed by atoms with van der Waals surface area (Å²) in [6.45, 7) is 2.28. The van der Waals surface area contributed by atoms with Crippen molar-refractivity contribution in [1.82, 2.24) is 5.32 Å². The van der Waals surface area contributed by atoms with Crippen LogP contribution >= 0.6 is 0 Å². The molecular weight excluding hydrogens is 404 g/mol. The van der Waals surface area contributed by atoms with E-state index in [1.807, 2.05) is 0 Å². The quantitative estimate of drug-likeness (QED) is 0.565. The van der Waals surface area contributed by atoms with E-state index in [-0.39, 0.29) is 11.6 Å². The van der Waals surface area contributed by atoms with Crippen molar-refractivity contribution < 1.29 is 4.74 Å². The van der Waals surface area contributed by atoms with Crippen LogP contribution in [0.3, 0.4) is 0 Å². The van der Waals surface area contributed by atoms with Gasteiger partial charge in [0.05, 0.1) is 13.2 Å². The molecule has 176 valence electrons. The van der Waals surface area contributed by atoms with Gasteiger partial charge in [0.15, 0.2) is 0 Å². The predicted molar refractivity (Wildman–Crippen MR) is 135 cm³/mol. The number of hydrogen-bond donors (Lipinski definition) is 2. The van der Waals surface area contributed by atoms with Crippen LogP contribution in [0.5, 0.6) is 5.75 Å². The van der Waals surface area contributed by atoms with Gasteiger partial charge in [0.2, 0.25) is 0 Å². The first-order chi connectivity index (χ1) is 16.1. The van der Waals surface area contributed by atoms with Crippen molar-refractivity contribution >= 4 is 0 Å². The van der Waals surface area contributed by atoms with Crippen molar-refractivity contribution in [3.8, 4) is 5.75 Å². The smallest absolute Gasteiger partial charge is 0.119 e. The average Bonchev–Trinajstić information content (AvgIpc) is 2.81. The second kappa shape index (κ2) is 8.43. The zero-order chi connectivity index (χ0) is 22.6. The molecular formula is C30H40N2O. The summed E-state index contributed by atoms with van der Waals surface area (Å²) < 4.78 is 5.54. The fourth-order valence-electron chi connectivity index (χ4n) is 8.33. The summed E-state index contributed by atoms with van der Waals surface area (Å²) in [6, 6.07) is 17.0. The number of benzene rings is 2. The predicted octanol–water partition coefficient (Wildman–Crippen LogP) is 6.11. The van der Waals surface area contributed by atoms with Crippen molar-refractivity contribution in [2.24, 2.45) is 23.5 Å². The summed E-state index contributed by atoms with van der Waals surface area (Å²) >= 11 is 0. The van der Waals surface area contributed by atoms with E-state index in [9.17, 15) is 0 Å². The van der Waals surface area contributed by atoms with Crippen LogP contribution in [0.1, 0.15) is 92.5 Å². The molecule has 2 aromatic rings. The second-order valence-electron chi connectivity index (χ2n) is 11.7. The minimum Gasteiger partial charge on any atom is -0.497 e. The summed E-state index contributed by atoms with van der Waals surface area (Å²) in [7, 11) is 1.77. The maximum Gasteiger partial charge on any atom is 0.119 e. The van der Waals surface area contributed by atoms with Crippen LogP contribution < -0.4 is 15.8 Å². The molecule has 3 unspecified atom stereocenters. The molecule has 4 aliphatic carbocycles. The van der Waals surface area contributed by atoms with Gasteiger partial charge in [-0.25, -0.2) is 0 Å². The normalized spacial score (nSPS) is 36.6. The minimum absolute atomic E-state index is 0.0355. The fraction of sp³-hybridized carbons (Fsp3) is 0.600. The van der Waals surface area contributed by atoms with E-state index in [0.717, 1.165) is 29.9 Å². The summed E-state index contributed by atoms with van der Waals surface area (Å²) in [6.07, 6.45) is 11.6. The average molecular weight is 445 g/mol. The summed E-state index contributed by atoms with van der Waals surface area (Å²) in [5.74, 6) is 4.10. The topological polar surface area (TPSA) is 47.3 Å². The van der Waals surface area contributed by atoms with Crippen molar-refractivity contribution in [1.29, 1.82) is 0 Å². The van der Waals surface area contributed by atoms with Gasteiger partial charge in [-0.2, -0.15) is 0 Å². The first kappa shape index (κ1) is 21.7. The Morgan fingerprint density at radius 1 is 1.00 bits per heavy atom. The molecule has 0 radical (unpaired) electrons. The number of fused-ring (bicyclic) bond motifs is 1. The Morgan fingerprint density at radius 3 is 2.39 bits per heavy atom. The van der Waals surface area contributed by atoms with Crippen molar-refractivity contribution in [2.75, 3.05) is 7.11 Å². The molecule has 5 atom stereocenters. The molecule has 4 fully saturated rings. The van der Waals surface area contributed by atoms with Gasteiger partial charge in [-0.15, -0.1) is 0 Å². The highest BCUT2D eigenvalue weighted by Crippen LogP contribution is 2.60. The lowest BCUT2D eigenvalue weighted by atomic mass is 9.47. The summed E-state index contributed by atoms with van der Waals surface area (Å²) in [4.78, 5) is 0. The highest BCUT2D eigenvalue weighted by molar-refractivity contribution is 5.45. The van der Waals surface area contributed by atoms with Crippen LogP contribution in [-0.4, -0.2) is 18.7 Å². The van der Waals surface area contributed by atoms with Gasteiger partial charge < -0.3 is 15.8 Å². The van der Waals surface area contributed by atoms with Gasteiger partial charge in [-0.05, 0) is 97.1 Å². The summed E-state index contributed by atoms with van der Waals surface area (Å²) in [5, 5.41) is 3.99. The van der Waals surface area contributed by atoms with Gasteiger partial charge in [-0.3, -0.25) is 0 Å². The maximum absolute atomic E-state index is 7.11. The highest BCUT2D eigenvalue weighted by Gasteiger charge is 2.55. The third kappa shape index (κ3) is 3.82. The molecule has 0 spiro atoms. The first-order valence-corrected chi connectivity index (χ1v) is 13.4. The molecule has 4 bridgehead atoms. The van der Waals surface area contributed by atoms with E-state index in [4.69, 9.17) is 10.5 Å². The Kier molecular flexibility index (Phi) is 5.54. The second-order valence-corrected chi connectivity index (χ2v) is 11.7. The largest absolute Gasteiger partial charge is 0.497 e. The van der Waals surface area contributed by atoms with Crippen LogP contribution in [0, 0.1) is 17.8 Å². The molecule has 2 aromatic carbocycles. The number of ether oxygens (including phenoxy) is 1. The Bertz CT molecular complexity index is 985. The van der Waals surface area contributed by atoms with E-state index in [0.29, 0.717) is 12.0 Å². The number of nitrogens with one attached hydrogen (secondary N) is 1. The van der Waals surface area contributed by atoms with Crippen LogP contribution in [0.15, 0.2) is 42.5 Å². The Labute approximate surface area is 199 Å². The highest BCUT2D eigenvalue weighted by atomic mass is 16.5. The van der Waals surface area contributed by atoms with Crippen LogP contribution in [0.4, 0.5) is 0 Å². The molecule has 5 aliphatic rings. The lowest BCUT2D eigenvalue weighted by Crippen LogP contribution is -2.60. The fourth-order valence-corrected chi connectivity index (χ4v) is 8.33. The van der Waals surface area contributed by atoms with Gasteiger partial charge in [0.1, 0.15) is 5.75 Å². The van der Waals surface area contributed by atoms with Crippen LogP contribution in [0.2, 0.25) is 0 Å². The number of methoxy groups -OCH3 is 1. The molecule has 0 aromatic heterocycles. The van der Waals surface area contributed by atoms with E-state index in [1.54, 1.807) is 7.11 Å². The molecule has 7 rings (SSSR count). The summed E-state index contributed by atoms with van der Waals surface area (Å²) in [5.41, 5.74) is 12.8. The molecule has 1 heterocycles. The number of rotatable bonds is 6. The van der Waals surface area contributed by atoms with E-state index in [1.165, 1.54) is 73.6 Å². The molecule has 4 saturated carbocycles. The minimum atomic E-state index is 0.0355. The number of hydrogen-bond acceptors (Lipinski definition) is 3. The Balaban J connectivity index is 1.29. The van der Waals surface area contributed by atoms with Gasteiger partial charge >= 0.3 is 0 Å². The molecule has 0 saturated heterocycles. The van der Waals surface area contributed by atoms with Gasteiger partial charge in [0, 0.05) is 17.5 Å². The molecule has 3 heteroatoms. The number of nitrogens with two attached hydrogens (primary N) is 1. The molecule has 1 aliphatic heterocycles. The molecule has 3 nitrogen and oxygen atoms in total. The third-order valence-corrected chi connectivity index (χ3v) is 9.43. The van der Waals surface area contributed by atoms with Crippen molar-refractivity contribution in [2.45, 2.75) is 88.3 Å². The maximum atomic E-state index is 7.11. The van der Waals surface area contributed by atoms with Gasteiger partial charge in [0.25, 0.3) is 0 Å². The lowest BCUT2D eigenvalue weighted by molar-refractivity contribution is -0.0221. The zero-order valence-electron chi connectivity index (χ0n) is 20.4. The van der Waals surface area contributed by atoms with Crippen molar-refractivity contribution in [3.05, 3.63) is 64.7 Å². The molecule has 33 heavy (non-hydrogen) atoms. The van der Waals surface area contributed by atoms with Crippen molar-refractivity contribution in [3.63, 3.8) is 0 Å². The van der Waals surface area contributed by atoms with E-state index < -0.39 is 0 Å².